The molecule has 0 radical (unpaired) electrons. The predicted molar refractivity (Wildman–Crippen MR) is 68.7 cm³/mol. The van der Waals surface area contributed by atoms with E-state index in [1.807, 2.05) is 0 Å². The van der Waals surface area contributed by atoms with E-state index in [1.165, 1.54) is 0 Å². The van der Waals surface area contributed by atoms with Gasteiger partial charge in [0, 0.05) is 12.5 Å². The molecule has 0 aromatic rings. The van der Waals surface area contributed by atoms with E-state index in [2.05, 4.69) is 20.8 Å². The summed E-state index contributed by atoms with van der Waals surface area (Å²) in [7, 11) is -0.934. The molecule has 1 saturated carbocycles. The fraction of sp³-hybridized carbons (Fsp3) is 1.00. The summed E-state index contributed by atoms with van der Waals surface area (Å²) in [5, 5.41) is 0. The lowest BCUT2D eigenvalue weighted by atomic mass is 9.61. The molecule has 1 saturated heterocycles. The van der Waals surface area contributed by atoms with Gasteiger partial charge in [0.1, 0.15) is 0 Å². The third kappa shape index (κ3) is 2.03. The molecule has 1 aliphatic carbocycles. The van der Waals surface area contributed by atoms with Gasteiger partial charge in [0.15, 0.2) is 9.84 Å². The van der Waals surface area contributed by atoms with Crippen molar-refractivity contribution in [2.24, 2.45) is 17.3 Å². The second kappa shape index (κ2) is 3.95. The number of rotatable bonds is 2. The minimum atomic E-state index is -2.73. The molecule has 0 aromatic carbocycles. The van der Waals surface area contributed by atoms with E-state index in [4.69, 9.17) is 4.74 Å². The summed E-state index contributed by atoms with van der Waals surface area (Å²) >= 11 is 0. The minimum absolute atomic E-state index is 0.0377. The average molecular weight is 260 g/mol. The molecule has 100 valence electrons. The maximum Gasteiger partial charge on any atom is 0.151 e. The maximum absolute atomic E-state index is 11.4. The highest BCUT2D eigenvalue weighted by molar-refractivity contribution is 7.92. The zero-order valence-corrected chi connectivity index (χ0v) is 12.1. The van der Waals surface area contributed by atoms with E-state index in [0.29, 0.717) is 23.3 Å². The third-order valence-electron chi connectivity index (χ3n) is 5.22. The molecule has 1 heterocycles. The van der Waals surface area contributed by atoms with Gasteiger partial charge in [-0.2, -0.15) is 0 Å². The van der Waals surface area contributed by atoms with Crippen LogP contribution in [0.1, 0.15) is 40.0 Å². The molecule has 3 nitrogen and oxygen atoms in total. The Morgan fingerprint density at radius 3 is 2.18 bits per heavy atom. The van der Waals surface area contributed by atoms with Crippen molar-refractivity contribution in [1.29, 1.82) is 0 Å². The van der Waals surface area contributed by atoms with Crippen LogP contribution in [0.4, 0.5) is 0 Å². The van der Waals surface area contributed by atoms with Gasteiger partial charge in [0.25, 0.3) is 0 Å². The van der Waals surface area contributed by atoms with E-state index in [1.54, 1.807) is 7.11 Å². The maximum atomic E-state index is 11.4. The topological polar surface area (TPSA) is 43.4 Å². The number of hydrogen-bond acceptors (Lipinski definition) is 3. The Kier molecular flexibility index (Phi) is 3.10. The van der Waals surface area contributed by atoms with Gasteiger partial charge < -0.3 is 4.74 Å². The zero-order chi connectivity index (χ0) is 12.9. The monoisotopic (exact) mass is 260 g/mol. The van der Waals surface area contributed by atoms with Crippen LogP contribution in [0.25, 0.3) is 0 Å². The molecule has 1 spiro atoms. The van der Waals surface area contributed by atoms with Gasteiger partial charge in [0.05, 0.1) is 17.1 Å². The molecule has 0 amide bonds. The Bertz CT molecular complexity index is 387. The van der Waals surface area contributed by atoms with Gasteiger partial charge >= 0.3 is 0 Å². The van der Waals surface area contributed by atoms with E-state index in [-0.39, 0.29) is 11.0 Å². The van der Waals surface area contributed by atoms with Crippen molar-refractivity contribution >= 4 is 9.84 Å². The van der Waals surface area contributed by atoms with Crippen LogP contribution < -0.4 is 0 Å². The molecule has 17 heavy (non-hydrogen) atoms. The Hall–Kier alpha value is -0.0900. The summed E-state index contributed by atoms with van der Waals surface area (Å²) in [5.74, 6) is 1.74. The molecule has 0 aromatic heterocycles. The average Bonchev–Trinajstić information content (AvgIpc) is 2.19. The Morgan fingerprint density at radius 1 is 1.24 bits per heavy atom. The van der Waals surface area contributed by atoms with Crippen molar-refractivity contribution in [2.75, 3.05) is 18.6 Å². The molecule has 2 rings (SSSR count). The van der Waals surface area contributed by atoms with Crippen LogP contribution in [0.15, 0.2) is 0 Å². The molecular weight excluding hydrogens is 236 g/mol. The van der Waals surface area contributed by atoms with Gasteiger partial charge in [-0.05, 0) is 31.1 Å². The number of hydrogen-bond donors (Lipinski definition) is 0. The summed E-state index contributed by atoms with van der Waals surface area (Å²) < 4.78 is 28.7. The van der Waals surface area contributed by atoms with Crippen LogP contribution in [0.5, 0.6) is 0 Å². The molecule has 4 heteroatoms. The molecule has 0 N–H and O–H groups in total. The van der Waals surface area contributed by atoms with Gasteiger partial charge in [-0.1, -0.05) is 20.8 Å². The van der Waals surface area contributed by atoms with Crippen molar-refractivity contribution in [3.8, 4) is 0 Å². The van der Waals surface area contributed by atoms with Crippen molar-refractivity contribution < 1.29 is 13.2 Å². The SMILES string of the molecule is COC1(C(C)C)CCC2(CS(=O)(=O)C2)C(C)C1. The molecule has 1 aliphatic heterocycles. The number of ether oxygens (including phenoxy) is 1. The highest BCUT2D eigenvalue weighted by Gasteiger charge is 2.57. The molecule has 2 aliphatic rings. The number of methoxy groups -OCH3 is 1. The summed E-state index contributed by atoms with van der Waals surface area (Å²) in [6.45, 7) is 6.60. The molecule has 0 bridgehead atoms. The van der Waals surface area contributed by atoms with Gasteiger partial charge in [-0.25, -0.2) is 8.42 Å². The Morgan fingerprint density at radius 2 is 1.82 bits per heavy atom. The second-order valence-electron chi connectivity index (χ2n) is 6.42. The summed E-state index contributed by atoms with van der Waals surface area (Å²) in [6, 6.07) is 0. The number of sulfone groups is 1. The minimum Gasteiger partial charge on any atom is -0.378 e. The summed E-state index contributed by atoms with van der Waals surface area (Å²) in [5.41, 5.74) is 0.0276. The highest BCUT2D eigenvalue weighted by atomic mass is 32.2. The third-order valence-corrected chi connectivity index (χ3v) is 7.25. The largest absolute Gasteiger partial charge is 0.378 e. The molecule has 2 unspecified atom stereocenters. The standard InChI is InChI=1S/C13H24O3S/c1-10(2)13(16-4)6-5-12(11(3)7-13)8-17(14,15)9-12/h10-11H,5-9H2,1-4H3. The lowest BCUT2D eigenvalue weighted by Crippen LogP contribution is -2.59. The predicted octanol–water partition coefficient (Wildman–Crippen LogP) is 2.26. The fourth-order valence-corrected chi connectivity index (χ4v) is 6.28. The normalized spacial score (nSPS) is 39.2. The van der Waals surface area contributed by atoms with Crippen LogP contribution in [0, 0.1) is 17.3 Å². The summed E-state index contributed by atoms with van der Waals surface area (Å²) in [4.78, 5) is 0. The molecular formula is C13H24O3S. The van der Waals surface area contributed by atoms with Crippen LogP contribution in [0.3, 0.4) is 0 Å². The van der Waals surface area contributed by atoms with Crippen molar-refractivity contribution in [2.45, 2.75) is 45.6 Å². The van der Waals surface area contributed by atoms with E-state index in [0.717, 1.165) is 19.3 Å². The van der Waals surface area contributed by atoms with Crippen LogP contribution in [0.2, 0.25) is 0 Å². The van der Waals surface area contributed by atoms with Crippen LogP contribution >= 0.6 is 0 Å². The highest BCUT2D eigenvalue weighted by Crippen LogP contribution is 2.54. The quantitative estimate of drug-likeness (QED) is 0.765. The smallest absolute Gasteiger partial charge is 0.151 e. The van der Waals surface area contributed by atoms with Crippen LogP contribution in [-0.2, 0) is 14.6 Å². The Labute approximate surface area is 105 Å². The van der Waals surface area contributed by atoms with E-state index < -0.39 is 9.84 Å². The first kappa shape index (κ1) is 13.3. The van der Waals surface area contributed by atoms with Crippen LogP contribution in [-0.4, -0.2) is 32.6 Å². The van der Waals surface area contributed by atoms with Gasteiger partial charge in [0.2, 0.25) is 0 Å². The second-order valence-corrected chi connectivity index (χ2v) is 8.49. The zero-order valence-electron chi connectivity index (χ0n) is 11.3. The van der Waals surface area contributed by atoms with E-state index in [9.17, 15) is 8.42 Å². The van der Waals surface area contributed by atoms with Gasteiger partial charge in [-0.3, -0.25) is 0 Å². The lowest BCUT2D eigenvalue weighted by Gasteiger charge is -2.55. The van der Waals surface area contributed by atoms with E-state index >= 15 is 0 Å². The van der Waals surface area contributed by atoms with Crippen molar-refractivity contribution in [3.63, 3.8) is 0 Å². The first-order valence-electron chi connectivity index (χ1n) is 6.51. The van der Waals surface area contributed by atoms with Crippen molar-refractivity contribution in [3.05, 3.63) is 0 Å². The lowest BCUT2D eigenvalue weighted by molar-refractivity contribution is -0.113. The Balaban J connectivity index is 2.13. The summed E-state index contributed by atoms with van der Waals surface area (Å²) in [6.07, 6.45) is 3.00. The van der Waals surface area contributed by atoms with Gasteiger partial charge in [-0.15, -0.1) is 0 Å². The first-order chi connectivity index (χ1) is 7.75. The van der Waals surface area contributed by atoms with Crippen molar-refractivity contribution in [1.82, 2.24) is 0 Å². The molecule has 2 fully saturated rings. The molecule has 2 atom stereocenters. The first-order valence-corrected chi connectivity index (χ1v) is 8.33. The fourth-order valence-electron chi connectivity index (χ4n) is 3.75.